The second-order valence-corrected chi connectivity index (χ2v) is 6.20. The van der Waals surface area contributed by atoms with Crippen molar-refractivity contribution in [3.05, 3.63) is 30.5 Å². The van der Waals surface area contributed by atoms with Crippen molar-refractivity contribution in [2.75, 3.05) is 48.3 Å². The maximum Gasteiger partial charge on any atom is 0.409 e. The smallest absolute Gasteiger partial charge is 0.409 e. The van der Waals surface area contributed by atoms with Crippen LogP contribution in [0.3, 0.4) is 0 Å². The molecule has 2 amide bonds. The van der Waals surface area contributed by atoms with Crippen LogP contribution < -0.4 is 15.5 Å². The van der Waals surface area contributed by atoms with Crippen molar-refractivity contribution in [1.82, 2.24) is 20.1 Å². The van der Waals surface area contributed by atoms with Crippen LogP contribution >= 0.6 is 0 Å². The Morgan fingerprint density at radius 3 is 2.43 bits per heavy atom. The topological polar surface area (TPSA) is 113 Å². The molecule has 0 bridgehead atoms. The molecule has 28 heavy (non-hydrogen) atoms. The molecule has 0 spiro atoms. The third kappa shape index (κ3) is 5.06. The van der Waals surface area contributed by atoms with Gasteiger partial charge in [-0.3, -0.25) is 4.79 Å². The van der Waals surface area contributed by atoms with Gasteiger partial charge in [-0.15, -0.1) is 5.10 Å². The summed E-state index contributed by atoms with van der Waals surface area (Å²) >= 11 is 0. The van der Waals surface area contributed by atoms with Gasteiger partial charge in [-0.2, -0.15) is 10.1 Å². The Labute approximate surface area is 162 Å². The van der Waals surface area contributed by atoms with Gasteiger partial charge in [0.2, 0.25) is 11.9 Å². The Hall–Kier alpha value is -3.43. The van der Waals surface area contributed by atoms with Crippen LogP contribution in [0, 0.1) is 0 Å². The van der Waals surface area contributed by atoms with Gasteiger partial charge in [0.1, 0.15) is 0 Å². The number of hydrogen-bond donors (Lipinski definition) is 2. The third-order valence-electron chi connectivity index (χ3n) is 4.11. The molecule has 10 nitrogen and oxygen atoms in total. The van der Waals surface area contributed by atoms with Gasteiger partial charge < -0.3 is 25.2 Å². The Balaban J connectivity index is 1.60. The van der Waals surface area contributed by atoms with Gasteiger partial charge in [-0.25, -0.2) is 4.79 Å². The van der Waals surface area contributed by atoms with E-state index in [1.807, 2.05) is 17.0 Å². The molecule has 2 heterocycles. The average molecular weight is 385 g/mol. The number of rotatable bonds is 5. The van der Waals surface area contributed by atoms with E-state index in [2.05, 4.69) is 25.8 Å². The second-order valence-electron chi connectivity index (χ2n) is 6.20. The van der Waals surface area contributed by atoms with Crippen molar-refractivity contribution >= 4 is 35.1 Å². The fourth-order valence-corrected chi connectivity index (χ4v) is 2.78. The molecule has 2 N–H and O–H groups in total. The molecular weight excluding hydrogens is 362 g/mol. The number of hydrogen-bond acceptors (Lipinski definition) is 8. The first kappa shape index (κ1) is 19.3. The molecule has 1 aromatic heterocycles. The number of piperazine rings is 1. The van der Waals surface area contributed by atoms with Crippen LogP contribution in [0.2, 0.25) is 0 Å². The summed E-state index contributed by atoms with van der Waals surface area (Å²) < 4.78 is 5.03. The summed E-state index contributed by atoms with van der Waals surface area (Å²) in [7, 11) is 0. The van der Waals surface area contributed by atoms with Crippen LogP contribution in [0.5, 0.6) is 0 Å². The molecular formula is C18H23N7O3. The molecule has 148 valence electrons. The lowest BCUT2D eigenvalue weighted by Crippen LogP contribution is -2.49. The molecule has 1 aliphatic heterocycles. The zero-order valence-electron chi connectivity index (χ0n) is 15.9. The van der Waals surface area contributed by atoms with E-state index in [0.29, 0.717) is 44.6 Å². The Kier molecular flexibility index (Phi) is 6.20. The van der Waals surface area contributed by atoms with E-state index in [0.717, 1.165) is 11.4 Å². The van der Waals surface area contributed by atoms with Crippen LogP contribution in [0.25, 0.3) is 0 Å². The predicted molar refractivity (Wildman–Crippen MR) is 105 cm³/mol. The number of amides is 2. The molecule has 0 aliphatic carbocycles. The predicted octanol–water partition coefficient (Wildman–Crippen LogP) is 1.85. The van der Waals surface area contributed by atoms with Crippen molar-refractivity contribution in [2.45, 2.75) is 13.8 Å². The van der Waals surface area contributed by atoms with Gasteiger partial charge >= 0.3 is 6.09 Å². The molecule has 1 saturated heterocycles. The SMILES string of the molecule is CCOC(=O)N1CCN(c2nncc(Nc3ccc(NC(C)=O)cc3)n2)CC1. The Morgan fingerprint density at radius 1 is 1.11 bits per heavy atom. The van der Waals surface area contributed by atoms with Gasteiger partial charge in [0.05, 0.1) is 12.8 Å². The lowest BCUT2D eigenvalue weighted by Gasteiger charge is -2.33. The molecule has 0 saturated carbocycles. The molecule has 1 fully saturated rings. The molecule has 1 aromatic carbocycles. The van der Waals surface area contributed by atoms with E-state index < -0.39 is 0 Å². The summed E-state index contributed by atoms with van der Waals surface area (Å²) in [5.41, 5.74) is 1.53. The number of carbonyl (C=O) groups is 2. The largest absolute Gasteiger partial charge is 0.450 e. The van der Waals surface area contributed by atoms with Crippen LogP contribution in [0.15, 0.2) is 30.5 Å². The van der Waals surface area contributed by atoms with E-state index in [1.165, 1.54) is 6.92 Å². The molecule has 0 radical (unpaired) electrons. The van der Waals surface area contributed by atoms with Gasteiger partial charge in [0.15, 0.2) is 5.82 Å². The van der Waals surface area contributed by atoms with Crippen molar-refractivity contribution in [3.63, 3.8) is 0 Å². The van der Waals surface area contributed by atoms with Crippen LogP contribution in [0.4, 0.5) is 27.9 Å². The van der Waals surface area contributed by atoms with Crippen LogP contribution in [0.1, 0.15) is 13.8 Å². The van der Waals surface area contributed by atoms with E-state index in [9.17, 15) is 9.59 Å². The van der Waals surface area contributed by atoms with E-state index in [-0.39, 0.29) is 12.0 Å². The van der Waals surface area contributed by atoms with Gasteiger partial charge in [-0.05, 0) is 31.2 Å². The Morgan fingerprint density at radius 2 is 1.79 bits per heavy atom. The lowest BCUT2D eigenvalue weighted by atomic mass is 10.3. The van der Waals surface area contributed by atoms with E-state index >= 15 is 0 Å². The van der Waals surface area contributed by atoms with Crippen LogP contribution in [-0.2, 0) is 9.53 Å². The van der Waals surface area contributed by atoms with Crippen molar-refractivity contribution < 1.29 is 14.3 Å². The number of ether oxygens (including phenoxy) is 1. The van der Waals surface area contributed by atoms with E-state index in [1.54, 1.807) is 30.2 Å². The number of anilines is 4. The van der Waals surface area contributed by atoms with Crippen molar-refractivity contribution in [3.8, 4) is 0 Å². The highest BCUT2D eigenvalue weighted by molar-refractivity contribution is 5.88. The second kappa shape index (κ2) is 8.98. The number of nitrogens with zero attached hydrogens (tertiary/aromatic N) is 5. The summed E-state index contributed by atoms with van der Waals surface area (Å²) in [6, 6.07) is 7.28. The maximum atomic E-state index is 11.8. The number of nitrogens with one attached hydrogen (secondary N) is 2. The highest BCUT2D eigenvalue weighted by Crippen LogP contribution is 2.19. The number of aromatic nitrogens is 3. The zero-order valence-corrected chi connectivity index (χ0v) is 15.9. The fraction of sp³-hybridized carbons (Fsp3) is 0.389. The molecule has 2 aromatic rings. The van der Waals surface area contributed by atoms with E-state index in [4.69, 9.17) is 4.74 Å². The minimum atomic E-state index is -0.292. The quantitative estimate of drug-likeness (QED) is 0.802. The Bertz CT molecular complexity index is 820. The standard InChI is InChI=1S/C18H23N7O3/c1-3-28-18(27)25-10-8-24(9-11-25)17-22-16(12-19-23-17)21-15-6-4-14(5-7-15)20-13(2)26/h4-7,12H,3,8-11H2,1-2H3,(H,20,26)(H,21,22,23). The molecule has 3 rings (SSSR count). The molecule has 0 unspecified atom stereocenters. The summed E-state index contributed by atoms with van der Waals surface area (Å²) in [4.78, 5) is 31.0. The monoisotopic (exact) mass is 385 g/mol. The van der Waals surface area contributed by atoms with Gasteiger partial charge in [0.25, 0.3) is 0 Å². The summed E-state index contributed by atoms with van der Waals surface area (Å²) in [6.45, 7) is 5.93. The minimum Gasteiger partial charge on any atom is -0.450 e. The van der Waals surface area contributed by atoms with Gasteiger partial charge in [0, 0.05) is 44.5 Å². The van der Waals surface area contributed by atoms with Gasteiger partial charge in [-0.1, -0.05) is 0 Å². The lowest BCUT2D eigenvalue weighted by molar-refractivity contribution is -0.114. The van der Waals surface area contributed by atoms with Crippen molar-refractivity contribution in [2.24, 2.45) is 0 Å². The number of benzene rings is 1. The number of carbonyl (C=O) groups excluding carboxylic acids is 2. The molecule has 0 atom stereocenters. The zero-order chi connectivity index (χ0) is 19.9. The maximum absolute atomic E-state index is 11.8. The third-order valence-corrected chi connectivity index (χ3v) is 4.11. The first-order chi connectivity index (χ1) is 13.5. The fourth-order valence-electron chi connectivity index (χ4n) is 2.78. The summed E-state index contributed by atoms with van der Waals surface area (Å²) in [5.74, 6) is 0.946. The first-order valence-corrected chi connectivity index (χ1v) is 9.06. The molecule has 10 heteroatoms. The minimum absolute atomic E-state index is 0.117. The summed E-state index contributed by atoms with van der Waals surface area (Å²) in [5, 5.41) is 14.0. The van der Waals surface area contributed by atoms with Crippen molar-refractivity contribution in [1.29, 1.82) is 0 Å². The highest BCUT2D eigenvalue weighted by Gasteiger charge is 2.23. The summed E-state index contributed by atoms with van der Waals surface area (Å²) in [6.07, 6.45) is 1.25. The normalized spacial score (nSPS) is 13.8. The molecule has 1 aliphatic rings. The van der Waals surface area contributed by atoms with Crippen LogP contribution in [-0.4, -0.2) is 64.9 Å². The highest BCUT2D eigenvalue weighted by atomic mass is 16.6. The average Bonchev–Trinajstić information content (AvgIpc) is 2.70. The first-order valence-electron chi connectivity index (χ1n) is 9.06.